The standard InChI is InChI=1S/C19H27N3O3/c1-3-11-20-18(24)15-6-5-12-22(13-15)19(25)14-7-9-16(10-8-14)21-17(23)4-2/h7-10,15H,3-6,11-13H2,1-2H3,(H,20,24)(H,21,23)/t15-/m1/s1. The van der Waals surface area contributed by atoms with Gasteiger partial charge in [0.05, 0.1) is 5.92 Å². The Bertz CT molecular complexity index is 613. The van der Waals surface area contributed by atoms with E-state index in [1.807, 2.05) is 6.92 Å². The second kappa shape index (κ2) is 9.20. The number of benzene rings is 1. The molecule has 1 heterocycles. The zero-order valence-electron chi connectivity index (χ0n) is 15.0. The molecule has 0 radical (unpaired) electrons. The molecule has 3 amide bonds. The summed E-state index contributed by atoms with van der Waals surface area (Å²) in [6.07, 6.45) is 2.97. The van der Waals surface area contributed by atoms with E-state index in [0.717, 1.165) is 19.3 Å². The maximum absolute atomic E-state index is 12.7. The summed E-state index contributed by atoms with van der Waals surface area (Å²) in [5, 5.41) is 5.68. The molecule has 25 heavy (non-hydrogen) atoms. The van der Waals surface area contributed by atoms with Gasteiger partial charge in [-0.3, -0.25) is 14.4 Å². The van der Waals surface area contributed by atoms with Gasteiger partial charge < -0.3 is 15.5 Å². The number of likely N-dealkylation sites (tertiary alicyclic amines) is 1. The van der Waals surface area contributed by atoms with Crippen molar-refractivity contribution < 1.29 is 14.4 Å². The number of hydrogen-bond donors (Lipinski definition) is 2. The maximum atomic E-state index is 12.7. The first-order chi connectivity index (χ1) is 12.0. The SMILES string of the molecule is CCCNC(=O)[C@@H]1CCCN(C(=O)c2ccc(NC(=O)CC)cc2)C1. The van der Waals surface area contributed by atoms with Crippen LogP contribution in [-0.4, -0.2) is 42.3 Å². The smallest absolute Gasteiger partial charge is 0.253 e. The lowest BCUT2D eigenvalue weighted by molar-refractivity contribution is -0.126. The molecule has 1 aliphatic rings. The van der Waals surface area contributed by atoms with E-state index >= 15 is 0 Å². The van der Waals surface area contributed by atoms with Crippen LogP contribution in [0.25, 0.3) is 0 Å². The molecule has 0 aliphatic carbocycles. The van der Waals surface area contributed by atoms with Crippen LogP contribution in [-0.2, 0) is 9.59 Å². The van der Waals surface area contributed by atoms with Gasteiger partial charge in [0.15, 0.2) is 0 Å². The molecule has 0 aromatic heterocycles. The van der Waals surface area contributed by atoms with E-state index in [2.05, 4.69) is 10.6 Å². The molecule has 1 atom stereocenters. The monoisotopic (exact) mass is 345 g/mol. The average molecular weight is 345 g/mol. The number of amides is 3. The van der Waals surface area contributed by atoms with E-state index in [1.165, 1.54) is 0 Å². The van der Waals surface area contributed by atoms with Crippen molar-refractivity contribution in [1.82, 2.24) is 10.2 Å². The van der Waals surface area contributed by atoms with Crippen LogP contribution in [0.5, 0.6) is 0 Å². The minimum absolute atomic E-state index is 0.0389. The molecule has 0 saturated carbocycles. The molecule has 2 N–H and O–H groups in total. The number of nitrogens with zero attached hydrogens (tertiary/aromatic N) is 1. The van der Waals surface area contributed by atoms with Crippen LogP contribution in [0.3, 0.4) is 0 Å². The van der Waals surface area contributed by atoms with Crippen LogP contribution in [0.15, 0.2) is 24.3 Å². The van der Waals surface area contributed by atoms with Crippen LogP contribution in [0.4, 0.5) is 5.69 Å². The highest BCUT2D eigenvalue weighted by Crippen LogP contribution is 2.20. The summed E-state index contributed by atoms with van der Waals surface area (Å²) in [4.78, 5) is 38.0. The molecule has 0 bridgehead atoms. The Morgan fingerprint density at radius 1 is 1.16 bits per heavy atom. The Morgan fingerprint density at radius 2 is 1.88 bits per heavy atom. The highest BCUT2D eigenvalue weighted by Gasteiger charge is 2.28. The number of rotatable bonds is 6. The van der Waals surface area contributed by atoms with Crippen LogP contribution >= 0.6 is 0 Å². The van der Waals surface area contributed by atoms with Crippen LogP contribution < -0.4 is 10.6 Å². The van der Waals surface area contributed by atoms with Gasteiger partial charge in [-0.05, 0) is 43.5 Å². The van der Waals surface area contributed by atoms with Crippen molar-refractivity contribution in [1.29, 1.82) is 0 Å². The number of carbonyl (C=O) groups excluding carboxylic acids is 3. The summed E-state index contributed by atoms with van der Waals surface area (Å²) in [6.45, 7) is 5.61. The van der Waals surface area contributed by atoms with E-state index in [-0.39, 0.29) is 23.6 Å². The highest BCUT2D eigenvalue weighted by molar-refractivity contribution is 5.96. The van der Waals surface area contributed by atoms with Crippen LogP contribution in [0, 0.1) is 5.92 Å². The van der Waals surface area contributed by atoms with E-state index < -0.39 is 0 Å². The van der Waals surface area contributed by atoms with E-state index in [0.29, 0.717) is 37.3 Å². The Balaban J connectivity index is 1.97. The fourth-order valence-corrected chi connectivity index (χ4v) is 2.90. The summed E-state index contributed by atoms with van der Waals surface area (Å²) in [5.41, 5.74) is 1.25. The summed E-state index contributed by atoms with van der Waals surface area (Å²) < 4.78 is 0. The lowest BCUT2D eigenvalue weighted by Crippen LogP contribution is -2.45. The molecule has 1 saturated heterocycles. The van der Waals surface area contributed by atoms with Gasteiger partial charge in [-0.2, -0.15) is 0 Å². The normalized spacial score (nSPS) is 17.0. The van der Waals surface area contributed by atoms with E-state index in [4.69, 9.17) is 0 Å². The first-order valence-electron chi connectivity index (χ1n) is 9.02. The fourth-order valence-electron chi connectivity index (χ4n) is 2.90. The molecule has 6 heteroatoms. The van der Waals surface area contributed by atoms with Crippen molar-refractivity contribution in [2.24, 2.45) is 5.92 Å². The third-order valence-corrected chi connectivity index (χ3v) is 4.37. The molecule has 0 spiro atoms. The zero-order chi connectivity index (χ0) is 18.2. The van der Waals surface area contributed by atoms with Crippen LogP contribution in [0.2, 0.25) is 0 Å². The zero-order valence-corrected chi connectivity index (χ0v) is 15.0. The Labute approximate surface area is 149 Å². The minimum atomic E-state index is -0.132. The van der Waals surface area contributed by atoms with Gasteiger partial charge >= 0.3 is 0 Å². The number of piperidine rings is 1. The van der Waals surface area contributed by atoms with Gasteiger partial charge in [-0.15, -0.1) is 0 Å². The molecular formula is C19H27N3O3. The van der Waals surface area contributed by atoms with Crippen molar-refractivity contribution in [2.75, 3.05) is 25.0 Å². The molecule has 0 unspecified atom stereocenters. The van der Waals surface area contributed by atoms with Crippen molar-refractivity contribution in [3.8, 4) is 0 Å². The molecule has 1 aromatic carbocycles. The summed E-state index contributed by atoms with van der Waals surface area (Å²) in [6, 6.07) is 6.90. The molecule has 136 valence electrons. The number of hydrogen-bond acceptors (Lipinski definition) is 3. The van der Waals surface area contributed by atoms with Gasteiger partial charge in [-0.1, -0.05) is 13.8 Å². The Hall–Kier alpha value is -2.37. The molecule has 2 rings (SSSR count). The maximum Gasteiger partial charge on any atom is 0.253 e. The summed E-state index contributed by atoms with van der Waals surface area (Å²) >= 11 is 0. The number of nitrogens with one attached hydrogen (secondary N) is 2. The molecule has 6 nitrogen and oxygen atoms in total. The molecule has 1 aromatic rings. The average Bonchev–Trinajstić information content (AvgIpc) is 2.66. The van der Waals surface area contributed by atoms with Gasteiger partial charge in [0.25, 0.3) is 5.91 Å². The van der Waals surface area contributed by atoms with Gasteiger partial charge in [0.1, 0.15) is 0 Å². The second-order valence-electron chi connectivity index (χ2n) is 6.36. The minimum Gasteiger partial charge on any atom is -0.356 e. The van der Waals surface area contributed by atoms with E-state index in [1.54, 1.807) is 36.1 Å². The largest absolute Gasteiger partial charge is 0.356 e. The fraction of sp³-hybridized carbons (Fsp3) is 0.526. The molecular weight excluding hydrogens is 318 g/mol. The first-order valence-corrected chi connectivity index (χ1v) is 9.02. The summed E-state index contributed by atoms with van der Waals surface area (Å²) in [7, 11) is 0. The topological polar surface area (TPSA) is 78.5 Å². The first kappa shape index (κ1) is 19.0. The quantitative estimate of drug-likeness (QED) is 0.831. The number of anilines is 1. The lowest BCUT2D eigenvalue weighted by atomic mass is 9.96. The molecule has 1 fully saturated rings. The predicted molar refractivity (Wildman–Crippen MR) is 97.3 cm³/mol. The van der Waals surface area contributed by atoms with Crippen LogP contribution in [0.1, 0.15) is 49.9 Å². The lowest BCUT2D eigenvalue weighted by Gasteiger charge is -2.32. The Morgan fingerprint density at radius 3 is 2.52 bits per heavy atom. The predicted octanol–water partition coefficient (Wildman–Crippen LogP) is 2.41. The molecule has 1 aliphatic heterocycles. The Kier molecular flexibility index (Phi) is 6.98. The van der Waals surface area contributed by atoms with Gasteiger partial charge in [0, 0.05) is 37.3 Å². The van der Waals surface area contributed by atoms with Gasteiger partial charge in [-0.25, -0.2) is 0 Å². The third-order valence-electron chi connectivity index (χ3n) is 4.37. The van der Waals surface area contributed by atoms with Crippen molar-refractivity contribution >= 4 is 23.4 Å². The third kappa shape index (κ3) is 5.31. The van der Waals surface area contributed by atoms with E-state index in [9.17, 15) is 14.4 Å². The van der Waals surface area contributed by atoms with Crippen molar-refractivity contribution in [3.63, 3.8) is 0 Å². The van der Waals surface area contributed by atoms with Gasteiger partial charge in [0.2, 0.25) is 11.8 Å². The second-order valence-corrected chi connectivity index (χ2v) is 6.36. The highest BCUT2D eigenvalue weighted by atomic mass is 16.2. The number of carbonyl (C=O) groups is 3. The van der Waals surface area contributed by atoms with Crippen molar-refractivity contribution in [3.05, 3.63) is 29.8 Å². The summed E-state index contributed by atoms with van der Waals surface area (Å²) in [5.74, 6) is -0.221. The van der Waals surface area contributed by atoms with Crippen molar-refractivity contribution in [2.45, 2.75) is 39.5 Å².